The summed E-state index contributed by atoms with van der Waals surface area (Å²) in [6.45, 7) is 11.0. The first-order chi connectivity index (χ1) is 15.6. The largest absolute Gasteiger partial charge is 0.490 e. The molecule has 1 atom stereocenters. The van der Waals surface area contributed by atoms with Gasteiger partial charge in [0.2, 0.25) is 5.91 Å². The molecule has 2 aromatic carbocycles. The summed E-state index contributed by atoms with van der Waals surface area (Å²) in [6, 6.07) is 13.9. The lowest BCUT2D eigenvalue weighted by molar-refractivity contribution is -0.117. The summed E-state index contributed by atoms with van der Waals surface area (Å²) in [4.78, 5) is 15.1. The minimum atomic E-state index is -0.129. The van der Waals surface area contributed by atoms with E-state index in [0.29, 0.717) is 24.7 Å². The standard InChI is InChI=1S/C26H34N2O4/c1-4-31-24-12-8-21(18-25(24)32-5-2)9-13-26(29)27-23(19-28-14-16-30-17-15-28)22-10-6-20(3)7-11-22/h6-13,18,23H,4-5,14-17,19H2,1-3H3,(H,27,29)/b13-9+. The third-order valence-electron chi connectivity index (χ3n) is 5.34. The Morgan fingerprint density at radius 2 is 1.75 bits per heavy atom. The third kappa shape index (κ3) is 7.11. The topological polar surface area (TPSA) is 60.0 Å². The maximum atomic E-state index is 12.8. The Labute approximate surface area is 191 Å². The SMILES string of the molecule is CCOc1ccc(/C=C/C(=O)NC(CN2CCOCC2)c2ccc(C)cc2)cc1OCC. The lowest BCUT2D eigenvalue weighted by Crippen LogP contribution is -2.42. The van der Waals surface area contributed by atoms with Gasteiger partial charge in [-0.25, -0.2) is 0 Å². The monoisotopic (exact) mass is 438 g/mol. The van der Waals surface area contributed by atoms with Crippen molar-refractivity contribution in [2.24, 2.45) is 0 Å². The lowest BCUT2D eigenvalue weighted by atomic mass is 10.0. The molecule has 1 amide bonds. The average Bonchev–Trinajstić information content (AvgIpc) is 2.80. The normalized spacial score (nSPS) is 15.5. The zero-order valence-corrected chi connectivity index (χ0v) is 19.3. The highest BCUT2D eigenvalue weighted by molar-refractivity contribution is 5.92. The number of hydrogen-bond acceptors (Lipinski definition) is 5. The van der Waals surface area contributed by atoms with Gasteiger partial charge >= 0.3 is 0 Å². The van der Waals surface area contributed by atoms with Gasteiger partial charge in [0, 0.05) is 25.7 Å². The number of morpholine rings is 1. The van der Waals surface area contributed by atoms with Gasteiger partial charge in [0.05, 0.1) is 32.5 Å². The summed E-state index contributed by atoms with van der Waals surface area (Å²) in [5.74, 6) is 1.26. The van der Waals surface area contributed by atoms with E-state index in [9.17, 15) is 4.79 Å². The van der Waals surface area contributed by atoms with Crippen LogP contribution in [0.3, 0.4) is 0 Å². The Bertz CT molecular complexity index is 889. The van der Waals surface area contributed by atoms with Gasteiger partial charge in [0.1, 0.15) is 0 Å². The molecule has 1 N–H and O–H groups in total. The van der Waals surface area contributed by atoms with E-state index in [4.69, 9.17) is 14.2 Å². The van der Waals surface area contributed by atoms with E-state index in [2.05, 4.69) is 41.4 Å². The Kier molecular flexibility index (Phi) is 9.13. The van der Waals surface area contributed by atoms with E-state index in [-0.39, 0.29) is 11.9 Å². The zero-order valence-electron chi connectivity index (χ0n) is 19.3. The van der Waals surface area contributed by atoms with Crippen molar-refractivity contribution in [3.8, 4) is 11.5 Å². The van der Waals surface area contributed by atoms with Crippen molar-refractivity contribution in [1.82, 2.24) is 10.2 Å². The predicted molar refractivity (Wildman–Crippen MR) is 127 cm³/mol. The van der Waals surface area contributed by atoms with Crippen LogP contribution < -0.4 is 14.8 Å². The fourth-order valence-corrected chi connectivity index (χ4v) is 3.64. The molecule has 6 heteroatoms. The molecule has 172 valence electrons. The minimum Gasteiger partial charge on any atom is -0.490 e. The molecular formula is C26H34N2O4. The van der Waals surface area contributed by atoms with Gasteiger partial charge in [-0.3, -0.25) is 9.69 Å². The minimum absolute atomic E-state index is 0.0924. The smallest absolute Gasteiger partial charge is 0.244 e. The van der Waals surface area contributed by atoms with Crippen molar-refractivity contribution in [2.75, 3.05) is 46.1 Å². The molecule has 0 aromatic heterocycles. The maximum Gasteiger partial charge on any atom is 0.244 e. The summed E-state index contributed by atoms with van der Waals surface area (Å²) in [6.07, 6.45) is 3.38. The summed E-state index contributed by atoms with van der Waals surface area (Å²) in [5, 5.41) is 3.18. The van der Waals surface area contributed by atoms with Gasteiger partial charge in [-0.1, -0.05) is 35.9 Å². The zero-order chi connectivity index (χ0) is 22.8. The van der Waals surface area contributed by atoms with Crippen LogP contribution in [0.15, 0.2) is 48.5 Å². The van der Waals surface area contributed by atoms with E-state index in [1.807, 2.05) is 32.0 Å². The Balaban J connectivity index is 1.70. The number of carbonyl (C=O) groups excluding carboxylic acids is 1. The van der Waals surface area contributed by atoms with Crippen LogP contribution in [-0.4, -0.2) is 56.9 Å². The van der Waals surface area contributed by atoms with E-state index in [0.717, 1.165) is 44.0 Å². The first kappa shape index (κ1) is 23.8. The molecule has 0 aliphatic carbocycles. The van der Waals surface area contributed by atoms with Crippen LogP contribution in [0.1, 0.15) is 36.6 Å². The molecule has 0 saturated carbocycles. The fraction of sp³-hybridized carbons (Fsp3) is 0.423. The van der Waals surface area contributed by atoms with Crippen molar-refractivity contribution >= 4 is 12.0 Å². The van der Waals surface area contributed by atoms with Crippen molar-refractivity contribution < 1.29 is 19.0 Å². The third-order valence-corrected chi connectivity index (χ3v) is 5.34. The number of nitrogens with one attached hydrogen (secondary N) is 1. The Morgan fingerprint density at radius 3 is 2.44 bits per heavy atom. The van der Waals surface area contributed by atoms with Gasteiger partial charge < -0.3 is 19.5 Å². The second kappa shape index (κ2) is 12.3. The molecular weight excluding hydrogens is 404 g/mol. The molecule has 0 bridgehead atoms. The number of aryl methyl sites for hydroxylation is 1. The second-order valence-electron chi connectivity index (χ2n) is 7.79. The molecule has 0 radical (unpaired) electrons. The second-order valence-corrected chi connectivity index (χ2v) is 7.79. The molecule has 2 aromatic rings. The van der Waals surface area contributed by atoms with Gasteiger partial charge in [-0.2, -0.15) is 0 Å². The van der Waals surface area contributed by atoms with Gasteiger partial charge in [0.15, 0.2) is 11.5 Å². The number of carbonyl (C=O) groups is 1. The molecule has 1 fully saturated rings. The first-order valence-electron chi connectivity index (χ1n) is 11.3. The summed E-state index contributed by atoms with van der Waals surface area (Å²) < 4.78 is 16.8. The quantitative estimate of drug-likeness (QED) is 0.569. The van der Waals surface area contributed by atoms with Crippen LogP contribution in [0.2, 0.25) is 0 Å². The molecule has 0 spiro atoms. The van der Waals surface area contributed by atoms with Crippen LogP contribution in [0.4, 0.5) is 0 Å². The molecule has 32 heavy (non-hydrogen) atoms. The molecule has 1 aliphatic rings. The molecule has 1 heterocycles. The number of benzene rings is 2. The summed E-state index contributed by atoms with van der Waals surface area (Å²) in [7, 11) is 0. The predicted octanol–water partition coefficient (Wildman–Crippen LogP) is 4.00. The highest BCUT2D eigenvalue weighted by Crippen LogP contribution is 2.29. The van der Waals surface area contributed by atoms with Gasteiger partial charge in [0.25, 0.3) is 0 Å². The van der Waals surface area contributed by atoms with Crippen LogP contribution in [0.5, 0.6) is 11.5 Å². The van der Waals surface area contributed by atoms with E-state index in [1.165, 1.54) is 5.56 Å². The highest BCUT2D eigenvalue weighted by Gasteiger charge is 2.19. The molecule has 1 unspecified atom stereocenters. The fourth-order valence-electron chi connectivity index (χ4n) is 3.64. The molecule has 6 nitrogen and oxygen atoms in total. The Hall–Kier alpha value is -2.83. The number of amides is 1. The molecule has 1 aliphatic heterocycles. The summed E-state index contributed by atoms with van der Waals surface area (Å²) >= 11 is 0. The van der Waals surface area contributed by atoms with Crippen LogP contribution in [0, 0.1) is 6.92 Å². The summed E-state index contributed by atoms with van der Waals surface area (Å²) in [5.41, 5.74) is 3.18. The van der Waals surface area contributed by atoms with Crippen molar-refractivity contribution in [1.29, 1.82) is 0 Å². The van der Waals surface area contributed by atoms with Crippen molar-refractivity contribution in [3.05, 3.63) is 65.2 Å². The Morgan fingerprint density at radius 1 is 1.06 bits per heavy atom. The first-order valence-corrected chi connectivity index (χ1v) is 11.3. The van der Waals surface area contributed by atoms with E-state index >= 15 is 0 Å². The maximum absolute atomic E-state index is 12.8. The van der Waals surface area contributed by atoms with Crippen molar-refractivity contribution in [3.63, 3.8) is 0 Å². The van der Waals surface area contributed by atoms with Gasteiger partial charge in [-0.15, -0.1) is 0 Å². The molecule has 3 rings (SSSR count). The number of ether oxygens (including phenoxy) is 3. The number of nitrogens with zero attached hydrogens (tertiary/aromatic N) is 1. The van der Waals surface area contributed by atoms with Crippen LogP contribution in [0.25, 0.3) is 6.08 Å². The van der Waals surface area contributed by atoms with Crippen LogP contribution in [-0.2, 0) is 9.53 Å². The van der Waals surface area contributed by atoms with Gasteiger partial charge in [-0.05, 0) is 50.1 Å². The molecule has 1 saturated heterocycles. The number of hydrogen-bond donors (Lipinski definition) is 1. The van der Waals surface area contributed by atoms with Crippen molar-refractivity contribution in [2.45, 2.75) is 26.8 Å². The highest BCUT2D eigenvalue weighted by atomic mass is 16.5. The van der Waals surface area contributed by atoms with E-state index < -0.39 is 0 Å². The average molecular weight is 439 g/mol. The van der Waals surface area contributed by atoms with E-state index in [1.54, 1.807) is 12.2 Å². The number of rotatable bonds is 10. The van der Waals surface area contributed by atoms with Crippen LogP contribution >= 0.6 is 0 Å². The lowest BCUT2D eigenvalue weighted by Gasteiger charge is -2.31.